The number of benzene rings is 2. The third kappa shape index (κ3) is 3.52. The molecule has 0 unspecified atom stereocenters. The summed E-state index contributed by atoms with van der Waals surface area (Å²) in [6, 6.07) is 19.3. The molecule has 0 spiro atoms. The largest absolute Gasteiger partial charge is 0.344 e. The van der Waals surface area contributed by atoms with Crippen LogP contribution in [0.25, 0.3) is 11.1 Å². The molecule has 6 heteroatoms. The molecular weight excluding hydrogens is 322 g/mol. The summed E-state index contributed by atoms with van der Waals surface area (Å²) in [5.41, 5.74) is 1.77. The molecule has 0 aliphatic carbocycles. The van der Waals surface area contributed by atoms with Gasteiger partial charge in [0.2, 0.25) is 0 Å². The minimum Gasteiger partial charge on any atom is -0.344 e. The standard InChI is InChI=1S/C18H8ClN5/c19-16-4-1-12(2-5-16)13-3-6-17(14(7-13)8-20)24-18(11-23)15(9-21)10-22/h1-7,24H. The lowest BCUT2D eigenvalue weighted by molar-refractivity contribution is 1.36. The van der Waals surface area contributed by atoms with Crippen molar-refractivity contribution in [1.29, 1.82) is 21.0 Å². The number of hydrogen-bond acceptors (Lipinski definition) is 5. The van der Waals surface area contributed by atoms with Crippen LogP contribution in [0.1, 0.15) is 5.56 Å². The fourth-order valence-corrected chi connectivity index (χ4v) is 2.11. The number of nitriles is 4. The molecule has 5 nitrogen and oxygen atoms in total. The topological polar surface area (TPSA) is 107 Å². The van der Waals surface area contributed by atoms with Crippen molar-refractivity contribution in [3.8, 4) is 35.4 Å². The maximum Gasteiger partial charge on any atom is 0.163 e. The first-order chi connectivity index (χ1) is 11.6. The van der Waals surface area contributed by atoms with Crippen molar-refractivity contribution in [3.63, 3.8) is 0 Å². The number of allylic oxidation sites excluding steroid dienone is 2. The molecule has 2 aromatic rings. The van der Waals surface area contributed by atoms with Gasteiger partial charge in [0.25, 0.3) is 0 Å². The van der Waals surface area contributed by atoms with E-state index >= 15 is 0 Å². The average Bonchev–Trinajstić information content (AvgIpc) is 2.62. The maximum atomic E-state index is 9.33. The van der Waals surface area contributed by atoms with E-state index in [1.807, 2.05) is 18.2 Å². The summed E-state index contributed by atoms with van der Waals surface area (Å²) in [4.78, 5) is 0. The van der Waals surface area contributed by atoms with Crippen LogP contribution in [0.2, 0.25) is 5.02 Å². The Bertz CT molecular complexity index is 961. The van der Waals surface area contributed by atoms with Crippen LogP contribution in [0, 0.1) is 45.3 Å². The molecule has 2 rings (SSSR count). The molecule has 1 N–H and O–H groups in total. The molecule has 0 bridgehead atoms. The molecule has 0 saturated heterocycles. The Morgan fingerprint density at radius 1 is 0.833 bits per heavy atom. The fourth-order valence-electron chi connectivity index (χ4n) is 1.99. The summed E-state index contributed by atoms with van der Waals surface area (Å²) in [5.74, 6) is 0. The van der Waals surface area contributed by atoms with E-state index < -0.39 is 0 Å². The molecule has 112 valence electrons. The first kappa shape index (κ1) is 16.6. The number of halogens is 1. The van der Waals surface area contributed by atoms with Gasteiger partial charge in [-0.05, 0) is 35.4 Å². The van der Waals surface area contributed by atoms with Crippen molar-refractivity contribution in [2.75, 3.05) is 5.32 Å². The Hall–Kier alpha value is -3.77. The Labute approximate surface area is 143 Å². The summed E-state index contributed by atoms with van der Waals surface area (Å²) in [6.07, 6.45) is 0. The maximum absolute atomic E-state index is 9.33. The molecule has 0 heterocycles. The summed E-state index contributed by atoms with van der Waals surface area (Å²) in [5, 5.41) is 39.4. The van der Waals surface area contributed by atoms with Crippen LogP contribution < -0.4 is 5.32 Å². The van der Waals surface area contributed by atoms with Gasteiger partial charge >= 0.3 is 0 Å². The van der Waals surface area contributed by atoms with E-state index in [9.17, 15) is 5.26 Å². The quantitative estimate of drug-likeness (QED) is 0.852. The summed E-state index contributed by atoms with van der Waals surface area (Å²) in [7, 11) is 0. The van der Waals surface area contributed by atoms with Gasteiger partial charge in [-0.25, -0.2) is 0 Å². The van der Waals surface area contributed by atoms with Crippen LogP contribution in [-0.4, -0.2) is 0 Å². The molecule has 0 saturated carbocycles. The van der Waals surface area contributed by atoms with Crippen LogP contribution in [0.5, 0.6) is 0 Å². The lowest BCUT2D eigenvalue weighted by atomic mass is 10.0. The number of rotatable bonds is 3. The minimum absolute atomic E-state index is 0.198. The SMILES string of the molecule is N#CC(C#N)=C(C#N)Nc1ccc(-c2ccc(Cl)cc2)cc1C#N. The fraction of sp³-hybridized carbons (Fsp3) is 0. The lowest BCUT2D eigenvalue weighted by Gasteiger charge is -2.09. The molecular formula is C18H8ClN5. The van der Waals surface area contributed by atoms with E-state index in [0.29, 0.717) is 10.7 Å². The first-order valence-corrected chi connectivity index (χ1v) is 7.02. The predicted octanol–water partition coefficient (Wildman–Crippen LogP) is 4.12. The van der Waals surface area contributed by atoms with E-state index in [2.05, 4.69) is 5.32 Å². The van der Waals surface area contributed by atoms with Gasteiger partial charge in [-0.1, -0.05) is 29.8 Å². The third-order valence-electron chi connectivity index (χ3n) is 3.16. The summed E-state index contributed by atoms with van der Waals surface area (Å²) < 4.78 is 0. The number of nitrogens with one attached hydrogen (secondary N) is 1. The number of anilines is 1. The first-order valence-electron chi connectivity index (χ1n) is 6.64. The van der Waals surface area contributed by atoms with Gasteiger partial charge in [-0.3, -0.25) is 0 Å². The van der Waals surface area contributed by atoms with Gasteiger partial charge < -0.3 is 5.32 Å². The smallest absolute Gasteiger partial charge is 0.163 e. The highest BCUT2D eigenvalue weighted by Crippen LogP contribution is 2.27. The van der Waals surface area contributed by atoms with Crippen LogP contribution in [-0.2, 0) is 0 Å². The Kier molecular flexibility index (Phi) is 5.17. The molecule has 0 amide bonds. The van der Waals surface area contributed by atoms with Gasteiger partial charge in [0.05, 0.1) is 11.3 Å². The molecule has 0 aliphatic rings. The van der Waals surface area contributed by atoms with E-state index in [4.69, 9.17) is 27.4 Å². The van der Waals surface area contributed by atoms with Gasteiger partial charge in [-0.2, -0.15) is 21.0 Å². The molecule has 0 aliphatic heterocycles. The lowest BCUT2D eigenvalue weighted by Crippen LogP contribution is -2.02. The Morgan fingerprint density at radius 3 is 2.00 bits per heavy atom. The Morgan fingerprint density at radius 2 is 1.46 bits per heavy atom. The zero-order valence-electron chi connectivity index (χ0n) is 12.2. The Balaban J connectivity index is 2.45. The van der Waals surface area contributed by atoms with Crippen molar-refractivity contribution >= 4 is 17.3 Å². The van der Waals surface area contributed by atoms with Crippen molar-refractivity contribution in [3.05, 3.63) is 64.3 Å². The van der Waals surface area contributed by atoms with Crippen LogP contribution in [0.3, 0.4) is 0 Å². The highest BCUT2D eigenvalue weighted by molar-refractivity contribution is 6.30. The van der Waals surface area contributed by atoms with Crippen molar-refractivity contribution in [2.45, 2.75) is 0 Å². The van der Waals surface area contributed by atoms with E-state index in [1.165, 1.54) is 0 Å². The van der Waals surface area contributed by atoms with Crippen molar-refractivity contribution in [1.82, 2.24) is 0 Å². The molecule has 0 fully saturated rings. The van der Waals surface area contributed by atoms with Gasteiger partial charge in [0.1, 0.15) is 30.0 Å². The van der Waals surface area contributed by atoms with Crippen LogP contribution >= 0.6 is 11.6 Å². The van der Waals surface area contributed by atoms with Crippen LogP contribution in [0.4, 0.5) is 5.69 Å². The second-order valence-corrected chi connectivity index (χ2v) is 5.03. The molecule has 0 aromatic heterocycles. The number of nitrogens with zero attached hydrogens (tertiary/aromatic N) is 4. The number of hydrogen-bond donors (Lipinski definition) is 1. The molecule has 2 aromatic carbocycles. The predicted molar refractivity (Wildman–Crippen MR) is 89.1 cm³/mol. The molecule has 0 atom stereocenters. The molecule has 0 radical (unpaired) electrons. The minimum atomic E-state index is -0.344. The van der Waals surface area contributed by atoms with E-state index in [0.717, 1.165) is 11.1 Å². The van der Waals surface area contributed by atoms with E-state index in [1.54, 1.807) is 48.5 Å². The van der Waals surface area contributed by atoms with Gasteiger partial charge in [0.15, 0.2) is 5.57 Å². The second kappa shape index (κ2) is 7.48. The van der Waals surface area contributed by atoms with Crippen molar-refractivity contribution in [2.24, 2.45) is 0 Å². The van der Waals surface area contributed by atoms with E-state index in [-0.39, 0.29) is 16.8 Å². The van der Waals surface area contributed by atoms with Gasteiger partial charge in [0, 0.05) is 5.02 Å². The zero-order chi connectivity index (χ0) is 17.5. The van der Waals surface area contributed by atoms with Crippen molar-refractivity contribution < 1.29 is 0 Å². The second-order valence-electron chi connectivity index (χ2n) is 4.59. The summed E-state index contributed by atoms with van der Waals surface area (Å²) in [6.45, 7) is 0. The third-order valence-corrected chi connectivity index (χ3v) is 3.41. The average molecular weight is 330 g/mol. The summed E-state index contributed by atoms with van der Waals surface area (Å²) >= 11 is 5.86. The monoisotopic (exact) mass is 329 g/mol. The van der Waals surface area contributed by atoms with Gasteiger partial charge in [-0.15, -0.1) is 0 Å². The highest BCUT2D eigenvalue weighted by Gasteiger charge is 2.10. The highest BCUT2D eigenvalue weighted by atomic mass is 35.5. The normalized spacial score (nSPS) is 8.88. The molecule has 24 heavy (non-hydrogen) atoms. The van der Waals surface area contributed by atoms with Crippen LogP contribution in [0.15, 0.2) is 53.7 Å². The zero-order valence-corrected chi connectivity index (χ0v) is 13.0.